The van der Waals surface area contributed by atoms with Gasteiger partial charge in [-0.05, 0) is 32.0 Å². The van der Waals surface area contributed by atoms with Gasteiger partial charge in [-0.2, -0.15) is 0 Å². The minimum absolute atomic E-state index is 0.0246. The van der Waals surface area contributed by atoms with E-state index in [1.165, 1.54) is 19.1 Å². The summed E-state index contributed by atoms with van der Waals surface area (Å²) in [6.07, 6.45) is 0. The molecule has 0 aromatic heterocycles. The number of nitrogens with one attached hydrogen (secondary N) is 1. The van der Waals surface area contributed by atoms with Crippen molar-refractivity contribution in [1.82, 2.24) is 4.90 Å². The lowest BCUT2D eigenvalue weighted by atomic mass is 10.1. The number of carboxylic acid groups (broad SMARTS) is 1. The minimum atomic E-state index is -1.15. The van der Waals surface area contributed by atoms with E-state index in [-0.39, 0.29) is 17.3 Å². The van der Waals surface area contributed by atoms with Gasteiger partial charge in [0.2, 0.25) is 5.91 Å². The molecule has 0 bridgehead atoms. The molecule has 0 heterocycles. The topological polar surface area (TPSA) is 86.7 Å². The molecule has 2 N–H and O–H groups in total. The number of benzene rings is 1. The van der Waals surface area contributed by atoms with Gasteiger partial charge in [0.15, 0.2) is 0 Å². The maximum Gasteiger partial charge on any atom is 0.323 e. The van der Waals surface area contributed by atoms with Crippen LogP contribution >= 0.6 is 0 Å². The Morgan fingerprint density at radius 1 is 1.33 bits per heavy atom. The fourth-order valence-electron chi connectivity index (χ4n) is 1.74. The van der Waals surface area contributed by atoms with Crippen molar-refractivity contribution in [1.29, 1.82) is 0 Å². The number of hydrogen-bond acceptors (Lipinski definition) is 3. The van der Waals surface area contributed by atoms with Gasteiger partial charge in [0.25, 0.3) is 5.91 Å². The number of nitrogens with zero attached hydrogens (tertiary/aromatic N) is 1. The number of carbonyl (C=O) groups is 3. The van der Waals surface area contributed by atoms with Gasteiger partial charge in [-0.1, -0.05) is 0 Å². The number of anilines is 1. The van der Waals surface area contributed by atoms with Gasteiger partial charge in [-0.3, -0.25) is 14.4 Å². The van der Waals surface area contributed by atoms with Gasteiger partial charge in [-0.15, -0.1) is 0 Å². The highest BCUT2D eigenvalue weighted by atomic mass is 19.1. The van der Waals surface area contributed by atoms with E-state index in [0.717, 1.165) is 11.0 Å². The van der Waals surface area contributed by atoms with Crippen LogP contribution in [0.15, 0.2) is 18.2 Å². The van der Waals surface area contributed by atoms with Crippen LogP contribution in [0.25, 0.3) is 0 Å². The van der Waals surface area contributed by atoms with Crippen molar-refractivity contribution in [3.05, 3.63) is 29.6 Å². The summed E-state index contributed by atoms with van der Waals surface area (Å²) < 4.78 is 13.8. The summed E-state index contributed by atoms with van der Waals surface area (Å²) in [7, 11) is 0. The van der Waals surface area contributed by atoms with E-state index < -0.39 is 30.1 Å². The molecule has 6 nitrogen and oxygen atoms in total. The van der Waals surface area contributed by atoms with E-state index in [1.54, 1.807) is 13.8 Å². The second kappa shape index (κ2) is 6.83. The van der Waals surface area contributed by atoms with Crippen LogP contribution in [-0.4, -0.2) is 40.4 Å². The molecule has 114 valence electrons. The zero-order valence-electron chi connectivity index (χ0n) is 12.0. The van der Waals surface area contributed by atoms with Crippen molar-refractivity contribution in [2.24, 2.45) is 0 Å². The summed E-state index contributed by atoms with van der Waals surface area (Å²) >= 11 is 0. The maximum atomic E-state index is 13.8. The summed E-state index contributed by atoms with van der Waals surface area (Å²) in [6.45, 7) is 4.11. The summed E-state index contributed by atoms with van der Waals surface area (Å²) in [6, 6.07) is 3.24. The largest absolute Gasteiger partial charge is 0.480 e. The molecule has 0 unspecified atom stereocenters. The molecular weight excluding hydrogens is 279 g/mol. The molecule has 0 aliphatic heterocycles. The minimum Gasteiger partial charge on any atom is -0.480 e. The van der Waals surface area contributed by atoms with E-state index in [2.05, 4.69) is 5.32 Å². The zero-order chi connectivity index (χ0) is 16.2. The Morgan fingerprint density at radius 2 is 1.95 bits per heavy atom. The van der Waals surface area contributed by atoms with Crippen LogP contribution in [-0.2, 0) is 9.59 Å². The maximum absolute atomic E-state index is 13.8. The quantitative estimate of drug-likeness (QED) is 0.866. The van der Waals surface area contributed by atoms with Crippen molar-refractivity contribution in [2.45, 2.75) is 26.8 Å². The average Bonchev–Trinajstić information content (AvgIpc) is 2.36. The zero-order valence-corrected chi connectivity index (χ0v) is 12.0. The monoisotopic (exact) mass is 296 g/mol. The smallest absolute Gasteiger partial charge is 0.323 e. The molecular formula is C14H17FN2O4. The molecule has 0 aliphatic carbocycles. The number of carboxylic acids is 1. The summed E-state index contributed by atoms with van der Waals surface area (Å²) in [5.74, 6) is -2.91. The van der Waals surface area contributed by atoms with Gasteiger partial charge in [0, 0.05) is 18.5 Å². The molecule has 7 heteroatoms. The van der Waals surface area contributed by atoms with Crippen molar-refractivity contribution in [3.63, 3.8) is 0 Å². The Hall–Kier alpha value is -2.44. The van der Waals surface area contributed by atoms with E-state index >= 15 is 0 Å². The van der Waals surface area contributed by atoms with Gasteiger partial charge in [0.05, 0.1) is 5.69 Å². The lowest BCUT2D eigenvalue weighted by Crippen LogP contribution is -2.40. The Balaban J connectivity index is 3.03. The predicted molar refractivity (Wildman–Crippen MR) is 74.5 cm³/mol. The molecule has 21 heavy (non-hydrogen) atoms. The highest BCUT2D eigenvalue weighted by Crippen LogP contribution is 2.17. The van der Waals surface area contributed by atoms with Gasteiger partial charge < -0.3 is 15.3 Å². The first-order valence-electron chi connectivity index (χ1n) is 6.32. The third-order valence-corrected chi connectivity index (χ3v) is 2.72. The Labute approximate surface area is 121 Å². The number of halogens is 1. The average molecular weight is 296 g/mol. The first-order valence-corrected chi connectivity index (χ1v) is 6.32. The summed E-state index contributed by atoms with van der Waals surface area (Å²) in [5.41, 5.74) is -0.00932. The Morgan fingerprint density at radius 3 is 2.38 bits per heavy atom. The third-order valence-electron chi connectivity index (χ3n) is 2.72. The van der Waals surface area contributed by atoms with Crippen molar-refractivity contribution >= 4 is 23.5 Å². The molecule has 0 saturated heterocycles. The van der Waals surface area contributed by atoms with E-state index in [1.807, 2.05) is 0 Å². The van der Waals surface area contributed by atoms with Crippen LogP contribution in [0.3, 0.4) is 0 Å². The van der Waals surface area contributed by atoms with Gasteiger partial charge in [-0.25, -0.2) is 4.39 Å². The highest BCUT2D eigenvalue weighted by molar-refractivity contribution is 5.97. The summed E-state index contributed by atoms with van der Waals surface area (Å²) in [4.78, 5) is 35.0. The SMILES string of the molecule is CC(=O)Nc1ccc(C(=O)N(CC(=O)O)C(C)C)cc1F. The normalized spacial score (nSPS) is 10.3. The number of rotatable bonds is 5. The molecule has 0 fully saturated rings. The van der Waals surface area contributed by atoms with E-state index in [4.69, 9.17) is 5.11 Å². The number of amides is 2. The third kappa shape index (κ3) is 4.55. The van der Waals surface area contributed by atoms with Gasteiger partial charge >= 0.3 is 5.97 Å². The molecule has 0 aliphatic rings. The second-order valence-corrected chi connectivity index (χ2v) is 4.80. The van der Waals surface area contributed by atoms with Crippen LogP contribution in [0.5, 0.6) is 0 Å². The van der Waals surface area contributed by atoms with Crippen molar-refractivity contribution < 1.29 is 23.9 Å². The molecule has 2 amide bonds. The Bertz CT molecular complexity index is 572. The molecule has 1 rings (SSSR count). The summed E-state index contributed by atoms with van der Waals surface area (Å²) in [5, 5.41) is 11.1. The van der Waals surface area contributed by atoms with Crippen molar-refractivity contribution in [2.75, 3.05) is 11.9 Å². The molecule has 0 atom stereocenters. The predicted octanol–water partition coefficient (Wildman–Crippen LogP) is 1.72. The Kier molecular flexibility index (Phi) is 5.40. The van der Waals surface area contributed by atoms with Crippen LogP contribution in [0, 0.1) is 5.82 Å². The van der Waals surface area contributed by atoms with Crippen LogP contribution < -0.4 is 5.32 Å². The van der Waals surface area contributed by atoms with E-state index in [0.29, 0.717) is 0 Å². The lowest BCUT2D eigenvalue weighted by Gasteiger charge is -2.25. The van der Waals surface area contributed by atoms with Crippen LogP contribution in [0.1, 0.15) is 31.1 Å². The highest BCUT2D eigenvalue weighted by Gasteiger charge is 2.22. The molecule has 1 aromatic carbocycles. The van der Waals surface area contributed by atoms with E-state index in [9.17, 15) is 18.8 Å². The standard InChI is InChI=1S/C14H17FN2O4/c1-8(2)17(7-13(19)20)14(21)10-4-5-12(11(15)6-10)16-9(3)18/h4-6,8H,7H2,1-3H3,(H,16,18)(H,19,20). The van der Waals surface area contributed by atoms with Gasteiger partial charge in [0.1, 0.15) is 12.4 Å². The molecule has 0 saturated carbocycles. The lowest BCUT2D eigenvalue weighted by molar-refractivity contribution is -0.138. The molecule has 1 aromatic rings. The van der Waals surface area contributed by atoms with Crippen LogP contribution in [0.4, 0.5) is 10.1 Å². The number of carbonyl (C=O) groups excluding carboxylic acids is 2. The van der Waals surface area contributed by atoms with Crippen LogP contribution in [0.2, 0.25) is 0 Å². The molecule has 0 spiro atoms. The molecule has 0 radical (unpaired) electrons. The first kappa shape index (κ1) is 16.6. The fraction of sp³-hybridized carbons (Fsp3) is 0.357. The first-order chi connectivity index (χ1) is 9.72. The van der Waals surface area contributed by atoms with Crippen molar-refractivity contribution in [3.8, 4) is 0 Å². The number of aliphatic carboxylic acids is 1. The fourth-order valence-corrected chi connectivity index (χ4v) is 1.74. The number of hydrogen-bond donors (Lipinski definition) is 2. The second-order valence-electron chi connectivity index (χ2n) is 4.80.